The minimum atomic E-state index is 0.0178. The topological polar surface area (TPSA) is 41.9 Å². The molecular weight excluding hydrogens is 380 g/mol. The van der Waals surface area contributed by atoms with Gasteiger partial charge in [0.05, 0.1) is 4.91 Å². The fourth-order valence-electron chi connectivity index (χ4n) is 3.03. The van der Waals surface area contributed by atoms with Crippen LogP contribution < -0.4 is 4.74 Å². The Kier molecular flexibility index (Phi) is 6.80. The zero-order valence-electron chi connectivity index (χ0n) is 17.7. The van der Waals surface area contributed by atoms with Gasteiger partial charge in [-0.1, -0.05) is 42.0 Å². The highest BCUT2D eigenvalue weighted by molar-refractivity contribution is 8.18. The Balaban J connectivity index is 1.71. The summed E-state index contributed by atoms with van der Waals surface area (Å²) >= 11 is 1.45. The number of hydrogen-bond acceptors (Lipinski definition) is 4. The monoisotopic (exact) mass is 408 g/mol. The predicted octanol–water partition coefficient (Wildman–Crippen LogP) is 5.66. The summed E-state index contributed by atoms with van der Waals surface area (Å²) in [5.74, 6) is 0.828. The second-order valence-corrected chi connectivity index (χ2v) is 8.74. The van der Waals surface area contributed by atoms with Crippen LogP contribution in [0.1, 0.15) is 44.4 Å². The first-order valence-electron chi connectivity index (χ1n) is 9.93. The van der Waals surface area contributed by atoms with E-state index in [4.69, 9.17) is 4.74 Å². The number of aliphatic imine (C=N–C) groups is 1. The van der Waals surface area contributed by atoms with Crippen LogP contribution in [0.2, 0.25) is 0 Å². The van der Waals surface area contributed by atoms with Crippen molar-refractivity contribution < 1.29 is 9.53 Å². The normalized spacial score (nSPS) is 17.2. The lowest BCUT2D eigenvalue weighted by Gasteiger charge is -2.20. The Labute approximate surface area is 177 Å². The molecule has 1 heterocycles. The molecule has 1 aliphatic rings. The van der Waals surface area contributed by atoms with E-state index >= 15 is 0 Å². The molecule has 0 radical (unpaired) electrons. The fraction of sp³-hybridized carbons (Fsp3) is 0.333. The van der Waals surface area contributed by atoms with Gasteiger partial charge in [-0.3, -0.25) is 14.7 Å². The molecule has 0 bridgehead atoms. The smallest absolute Gasteiger partial charge is 0.266 e. The highest BCUT2D eigenvalue weighted by Gasteiger charge is 2.35. The lowest BCUT2D eigenvalue weighted by molar-refractivity contribution is -0.123. The van der Waals surface area contributed by atoms with Crippen LogP contribution >= 0.6 is 11.8 Å². The second-order valence-electron chi connectivity index (χ2n) is 7.73. The average molecular weight is 409 g/mol. The van der Waals surface area contributed by atoms with Gasteiger partial charge in [0.2, 0.25) is 0 Å². The van der Waals surface area contributed by atoms with Gasteiger partial charge in [0, 0.05) is 12.1 Å². The Hall–Kier alpha value is -2.53. The van der Waals surface area contributed by atoms with Gasteiger partial charge >= 0.3 is 0 Å². The third-order valence-electron chi connectivity index (χ3n) is 4.39. The fourth-order valence-corrected chi connectivity index (χ4v) is 4.27. The van der Waals surface area contributed by atoms with Gasteiger partial charge in [-0.05, 0) is 75.7 Å². The third-order valence-corrected chi connectivity index (χ3v) is 5.38. The molecule has 0 aliphatic carbocycles. The lowest BCUT2D eigenvalue weighted by atomic mass is 10.1. The minimum Gasteiger partial charge on any atom is -0.489 e. The zero-order valence-corrected chi connectivity index (χ0v) is 18.5. The SMILES string of the molecule is Cc1cccc(COc2ccc(/C=C3/SC(=NC(C)C)N(C(C)C)C3=O)cc2)c1. The van der Waals surface area contributed by atoms with E-state index in [0.29, 0.717) is 11.5 Å². The number of rotatable bonds is 6. The van der Waals surface area contributed by atoms with Crippen molar-refractivity contribution in [3.8, 4) is 5.75 Å². The van der Waals surface area contributed by atoms with E-state index in [-0.39, 0.29) is 18.0 Å². The standard InChI is InChI=1S/C24H28N2O2S/c1-16(2)25-24-26(17(3)4)23(27)22(29-24)14-19-9-11-21(12-10-19)28-15-20-8-6-7-18(5)13-20/h6-14,16-17H,15H2,1-5H3/b22-14+,25-24?. The van der Waals surface area contributed by atoms with Crippen molar-refractivity contribution in [2.45, 2.75) is 53.3 Å². The zero-order chi connectivity index (χ0) is 21.0. The van der Waals surface area contributed by atoms with Crippen molar-refractivity contribution in [1.29, 1.82) is 0 Å². The van der Waals surface area contributed by atoms with Crippen LogP contribution in [0.25, 0.3) is 6.08 Å². The molecule has 0 atom stereocenters. The number of aryl methyl sites for hydroxylation is 1. The molecule has 2 aromatic rings. The highest BCUT2D eigenvalue weighted by atomic mass is 32.2. The predicted molar refractivity (Wildman–Crippen MR) is 122 cm³/mol. The number of thioether (sulfide) groups is 1. The summed E-state index contributed by atoms with van der Waals surface area (Å²) in [6.45, 7) is 10.7. The van der Waals surface area contributed by atoms with Crippen LogP contribution in [0.4, 0.5) is 0 Å². The van der Waals surface area contributed by atoms with E-state index in [2.05, 4.69) is 30.1 Å². The number of ether oxygens (including phenoxy) is 1. The van der Waals surface area contributed by atoms with Crippen LogP contribution in [-0.2, 0) is 11.4 Å². The number of hydrogen-bond donors (Lipinski definition) is 0. The van der Waals surface area contributed by atoms with E-state index in [9.17, 15) is 4.79 Å². The molecule has 0 N–H and O–H groups in total. The summed E-state index contributed by atoms with van der Waals surface area (Å²) in [6.07, 6.45) is 1.93. The molecule has 1 saturated heterocycles. The van der Waals surface area contributed by atoms with Crippen LogP contribution in [-0.4, -0.2) is 28.1 Å². The Bertz CT molecular complexity index is 930. The number of benzene rings is 2. The molecule has 3 rings (SSSR count). The average Bonchev–Trinajstić information content (AvgIpc) is 2.95. The molecule has 5 heteroatoms. The molecule has 29 heavy (non-hydrogen) atoms. The van der Waals surface area contributed by atoms with E-state index in [0.717, 1.165) is 22.0 Å². The molecule has 4 nitrogen and oxygen atoms in total. The van der Waals surface area contributed by atoms with Crippen molar-refractivity contribution in [3.05, 3.63) is 70.1 Å². The molecule has 0 unspecified atom stereocenters. The van der Waals surface area contributed by atoms with Gasteiger partial charge in [0.1, 0.15) is 12.4 Å². The number of nitrogens with zero attached hydrogens (tertiary/aromatic N) is 2. The summed E-state index contributed by atoms with van der Waals surface area (Å²) < 4.78 is 5.88. The van der Waals surface area contributed by atoms with Crippen molar-refractivity contribution in [1.82, 2.24) is 4.90 Å². The van der Waals surface area contributed by atoms with Crippen molar-refractivity contribution in [3.63, 3.8) is 0 Å². The molecule has 0 aromatic heterocycles. The molecule has 0 spiro atoms. The van der Waals surface area contributed by atoms with Crippen LogP contribution in [0.15, 0.2) is 58.4 Å². The molecular formula is C24H28N2O2S. The summed E-state index contributed by atoms with van der Waals surface area (Å²) in [6, 6.07) is 16.4. The first-order chi connectivity index (χ1) is 13.8. The van der Waals surface area contributed by atoms with Gasteiger partial charge in [0.15, 0.2) is 5.17 Å². The van der Waals surface area contributed by atoms with Crippen LogP contribution in [0.3, 0.4) is 0 Å². The quantitative estimate of drug-likeness (QED) is 0.579. The second kappa shape index (κ2) is 9.31. The molecule has 0 saturated carbocycles. The summed E-state index contributed by atoms with van der Waals surface area (Å²) in [7, 11) is 0. The first kappa shape index (κ1) is 21.2. The third kappa shape index (κ3) is 5.51. The lowest BCUT2D eigenvalue weighted by Crippen LogP contribution is -2.35. The maximum Gasteiger partial charge on any atom is 0.266 e. The Morgan fingerprint density at radius 2 is 1.83 bits per heavy atom. The van der Waals surface area contributed by atoms with E-state index in [1.165, 1.54) is 17.3 Å². The Morgan fingerprint density at radius 1 is 1.10 bits per heavy atom. The first-order valence-corrected chi connectivity index (χ1v) is 10.7. The van der Waals surface area contributed by atoms with Gasteiger partial charge in [-0.25, -0.2) is 0 Å². The summed E-state index contributed by atoms with van der Waals surface area (Å²) in [5, 5.41) is 0.782. The number of carbonyl (C=O) groups is 1. The van der Waals surface area contributed by atoms with E-state index in [1.54, 1.807) is 4.90 Å². The van der Waals surface area contributed by atoms with Crippen LogP contribution in [0, 0.1) is 6.92 Å². The summed E-state index contributed by atoms with van der Waals surface area (Å²) in [4.78, 5) is 19.9. The minimum absolute atomic E-state index is 0.0178. The van der Waals surface area contributed by atoms with Crippen molar-refractivity contribution in [2.75, 3.05) is 0 Å². The van der Waals surface area contributed by atoms with Crippen molar-refractivity contribution in [2.24, 2.45) is 4.99 Å². The van der Waals surface area contributed by atoms with E-state index in [1.807, 2.05) is 64.1 Å². The molecule has 2 aromatic carbocycles. The van der Waals surface area contributed by atoms with Gasteiger partial charge < -0.3 is 4.74 Å². The number of amidine groups is 1. The molecule has 1 amide bonds. The molecule has 152 valence electrons. The van der Waals surface area contributed by atoms with Gasteiger partial charge in [-0.2, -0.15) is 0 Å². The number of amides is 1. The van der Waals surface area contributed by atoms with Crippen LogP contribution in [0.5, 0.6) is 5.75 Å². The van der Waals surface area contributed by atoms with Gasteiger partial charge in [-0.15, -0.1) is 0 Å². The highest BCUT2D eigenvalue weighted by Crippen LogP contribution is 2.34. The van der Waals surface area contributed by atoms with E-state index < -0.39 is 0 Å². The maximum atomic E-state index is 12.8. The maximum absolute atomic E-state index is 12.8. The molecule has 1 aliphatic heterocycles. The molecule has 1 fully saturated rings. The number of carbonyl (C=O) groups excluding carboxylic acids is 1. The largest absolute Gasteiger partial charge is 0.489 e. The Morgan fingerprint density at radius 3 is 2.45 bits per heavy atom. The van der Waals surface area contributed by atoms with Gasteiger partial charge in [0.25, 0.3) is 5.91 Å². The summed E-state index contributed by atoms with van der Waals surface area (Å²) in [5.41, 5.74) is 3.34. The van der Waals surface area contributed by atoms with Crippen molar-refractivity contribution >= 4 is 28.9 Å².